The standard InChI is InChI=1S/C17H15N3/c1-3-11-20-12(2)19-16(17(20)18)15-10-6-8-13-7-4-5-9-14(13)15/h1,4-10H,11,18H2,2H3. The maximum atomic E-state index is 6.22. The number of anilines is 1. The first-order valence-electron chi connectivity index (χ1n) is 6.46. The van der Waals surface area contributed by atoms with Crippen LogP contribution in [0.3, 0.4) is 0 Å². The van der Waals surface area contributed by atoms with Gasteiger partial charge in [-0.2, -0.15) is 0 Å². The molecular formula is C17H15N3. The lowest BCUT2D eigenvalue weighted by Crippen LogP contribution is -2.03. The lowest BCUT2D eigenvalue weighted by atomic mass is 10.0. The van der Waals surface area contributed by atoms with Gasteiger partial charge < -0.3 is 10.3 Å². The molecule has 0 spiro atoms. The molecule has 3 nitrogen and oxygen atoms in total. The summed E-state index contributed by atoms with van der Waals surface area (Å²) in [5.74, 6) is 4.07. The van der Waals surface area contributed by atoms with E-state index in [1.165, 1.54) is 5.39 Å². The highest BCUT2D eigenvalue weighted by atomic mass is 15.1. The molecule has 0 saturated carbocycles. The number of fused-ring (bicyclic) bond motifs is 1. The van der Waals surface area contributed by atoms with E-state index in [9.17, 15) is 0 Å². The average molecular weight is 261 g/mol. The van der Waals surface area contributed by atoms with Crippen LogP contribution in [0.2, 0.25) is 0 Å². The number of aryl methyl sites for hydroxylation is 1. The fraction of sp³-hybridized carbons (Fsp3) is 0.118. The number of benzene rings is 2. The van der Waals surface area contributed by atoms with Gasteiger partial charge in [0.1, 0.15) is 17.3 Å². The second-order valence-corrected chi connectivity index (χ2v) is 4.71. The minimum Gasteiger partial charge on any atom is -0.383 e. The van der Waals surface area contributed by atoms with Gasteiger partial charge in [-0.3, -0.25) is 0 Å². The molecule has 1 aromatic heterocycles. The second kappa shape index (κ2) is 4.75. The molecular weight excluding hydrogens is 246 g/mol. The molecule has 20 heavy (non-hydrogen) atoms. The first-order valence-corrected chi connectivity index (χ1v) is 6.46. The molecule has 0 saturated heterocycles. The van der Waals surface area contributed by atoms with Crippen molar-refractivity contribution in [1.29, 1.82) is 0 Å². The summed E-state index contributed by atoms with van der Waals surface area (Å²) in [4.78, 5) is 4.59. The maximum Gasteiger partial charge on any atom is 0.132 e. The normalized spacial score (nSPS) is 10.6. The van der Waals surface area contributed by atoms with Crippen LogP contribution in [-0.4, -0.2) is 9.55 Å². The number of terminal acetylenes is 1. The van der Waals surface area contributed by atoms with E-state index in [-0.39, 0.29) is 0 Å². The van der Waals surface area contributed by atoms with Crippen LogP contribution in [0.5, 0.6) is 0 Å². The zero-order valence-electron chi connectivity index (χ0n) is 11.3. The molecule has 0 atom stereocenters. The van der Waals surface area contributed by atoms with Crippen LogP contribution in [0.25, 0.3) is 22.0 Å². The van der Waals surface area contributed by atoms with Gasteiger partial charge in [0, 0.05) is 5.56 Å². The molecule has 2 aromatic carbocycles. The minimum absolute atomic E-state index is 0.440. The smallest absolute Gasteiger partial charge is 0.132 e. The molecule has 3 heteroatoms. The van der Waals surface area contributed by atoms with Crippen molar-refractivity contribution >= 4 is 16.6 Å². The van der Waals surface area contributed by atoms with Gasteiger partial charge in [0.15, 0.2) is 0 Å². The van der Waals surface area contributed by atoms with Crippen molar-refractivity contribution in [2.45, 2.75) is 13.5 Å². The van der Waals surface area contributed by atoms with Crippen molar-refractivity contribution in [3.8, 4) is 23.6 Å². The second-order valence-electron chi connectivity index (χ2n) is 4.71. The third-order valence-electron chi connectivity index (χ3n) is 3.49. The number of imidazole rings is 1. The lowest BCUT2D eigenvalue weighted by Gasteiger charge is -2.06. The zero-order valence-corrected chi connectivity index (χ0v) is 11.3. The van der Waals surface area contributed by atoms with E-state index in [4.69, 9.17) is 12.2 Å². The molecule has 2 N–H and O–H groups in total. The minimum atomic E-state index is 0.440. The number of nitrogen functional groups attached to an aromatic ring is 1. The van der Waals surface area contributed by atoms with E-state index in [0.29, 0.717) is 12.4 Å². The van der Waals surface area contributed by atoms with Gasteiger partial charge in [-0.05, 0) is 17.7 Å². The van der Waals surface area contributed by atoms with Crippen LogP contribution >= 0.6 is 0 Å². The van der Waals surface area contributed by atoms with Crippen LogP contribution in [0.4, 0.5) is 5.82 Å². The molecule has 98 valence electrons. The Morgan fingerprint density at radius 3 is 2.75 bits per heavy atom. The summed E-state index contributed by atoms with van der Waals surface area (Å²) in [5.41, 5.74) is 8.06. The van der Waals surface area contributed by atoms with Crippen molar-refractivity contribution in [3.63, 3.8) is 0 Å². The molecule has 0 bridgehead atoms. The molecule has 0 amide bonds. The molecule has 0 unspecified atom stereocenters. The molecule has 0 aliphatic carbocycles. The highest BCUT2D eigenvalue weighted by Crippen LogP contribution is 2.32. The number of rotatable bonds is 2. The molecule has 0 radical (unpaired) electrons. The van der Waals surface area contributed by atoms with Crippen molar-refractivity contribution in [3.05, 3.63) is 48.3 Å². The van der Waals surface area contributed by atoms with Gasteiger partial charge >= 0.3 is 0 Å². The van der Waals surface area contributed by atoms with Crippen LogP contribution in [0.15, 0.2) is 42.5 Å². The largest absolute Gasteiger partial charge is 0.383 e. The Hall–Kier alpha value is -2.73. The average Bonchev–Trinajstić information content (AvgIpc) is 2.75. The van der Waals surface area contributed by atoms with Crippen molar-refractivity contribution < 1.29 is 0 Å². The number of nitrogens with zero attached hydrogens (tertiary/aromatic N) is 2. The van der Waals surface area contributed by atoms with Crippen LogP contribution in [-0.2, 0) is 6.54 Å². The van der Waals surface area contributed by atoms with E-state index in [1.54, 1.807) is 0 Å². The van der Waals surface area contributed by atoms with Gasteiger partial charge in [0.25, 0.3) is 0 Å². The van der Waals surface area contributed by atoms with Gasteiger partial charge in [0.05, 0.1) is 6.54 Å². The number of hydrogen-bond acceptors (Lipinski definition) is 2. The van der Waals surface area contributed by atoms with Gasteiger partial charge in [-0.25, -0.2) is 4.98 Å². The highest BCUT2D eigenvalue weighted by Gasteiger charge is 2.14. The number of aromatic nitrogens is 2. The molecule has 3 aromatic rings. The van der Waals surface area contributed by atoms with Crippen molar-refractivity contribution in [2.24, 2.45) is 0 Å². The Bertz CT molecular complexity index is 817. The Balaban J connectivity index is 2.27. The van der Waals surface area contributed by atoms with E-state index >= 15 is 0 Å². The Labute approximate surface area is 118 Å². The van der Waals surface area contributed by atoms with E-state index < -0.39 is 0 Å². The van der Waals surface area contributed by atoms with Crippen LogP contribution in [0, 0.1) is 19.3 Å². The predicted molar refractivity (Wildman–Crippen MR) is 83.2 cm³/mol. The van der Waals surface area contributed by atoms with Crippen molar-refractivity contribution in [2.75, 3.05) is 5.73 Å². The monoisotopic (exact) mass is 261 g/mol. The first-order chi connectivity index (χ1) is 9.72. The predicted octanol–water partition coefficient (Wildman–Crippen LogP) is 3.23. The summed E-state index contributed by atoms with van der Waals surface area (Å²) in [6, 6.07) is 14.4. The third kappa shape index (κ3) is 1.83. The molecule has 1 heterocycles. The Morgan fingerprint density at radius 1 is 1.20 bits per heavy atom. The van der Waals surface area contributed by atoms with Gasteiger partial charge in [-0.1, -0.05) is 48.4 Å². The molecule has 0 aliphatic rings. The third-order valence-corrected chi connectivity index (χ3v) is 3.49. The quantitative estimate of drug-likeness (QED) is 0.720. The first kappa shape index (κ1) is 12.3. The molecule has 3 rings (SSSR count). The Kier molecular flexibility index (Phi) is 2.92. The fourth-order valence-corrected chi connectivity index (χ4v) is 2.50. The summed E-state index contributed by atoms with van der Waals surface area (Å²) >= 11 is 0. The topological polar surface area (TPSA) is 43.8 Å². The van der Waals surface area contributed by atoms with E-state index in [0.717, 1.165) is 22.5 Å². The summed E-state index contributed by atoms with van der Waals surface area (Å²) in [6.07, 6.45) is 5.38. The molecule has 0 aliphatic heterocycles. The maximum absolute atomic E-state index is 6.22. The van der Waals surface area contributed by atoms with Crippen LogP contribution < -0.4 is 5.73 Å². The van der Waals surface area contributed by atoms with Crippen LogP contribution in [0.1, 0.15) is 5.82 Å². The fourth-order valence-electron chi connectivity index (χ4n) is 2.50. The van der Waals surface area contributed by atoms with Gasteiger partial charge in [0.2, 0.25) is 0 Å². The van der Waals surface area contributed by atoms with Crippen molar-refractivity contribution in [1.82, 2.24) is 9.55 Å². The van der Waals surface area contributed by atoms with E-state index in [1.807, 2.05) is 35.8 Å². The number of nitrogens with two attached hydrogens (primary N) is 1. The van der Waals surface area contributed by atoms with E-state index in [2.05, 4.69) is 29.1 Å². The molecule has 0 fully saturated rings. The number of hydrogen-bond donors (Lipinski definition) is 1. The summed E-state index contributed by atoms with van der Waals surface area (Å²) in [5, 5.41) is 2.32. The zero-order chi connectivity index (χ0) is 14.1. The Morgan fingerprint density at radius 2 is 1.95 bits per heavy atom. The van der Waals surface area contributed by atoms with Gasteiger partial charge in [-0.15, -0.1) is 6.42 Å². The summed E-state index contributed by atoms with van der Waals surface area (Å²) in [6.45, 7) is 2.36. The lowest BCUT2D eigenvalue weighted by molar-refractivity contribution is 0.807. The SMILES string of the molecule is C#CCn1c(C)nc(-c2cccc3ccccc23)c1N. The highest BCUT2D eigenvalue weighted by molar-refractivity contribution is 5.97. The summed E-state index contributed by atoms with van der Waals surface area (Å²) in [7, 11) is 0. The summed E-state index contributed by atoms with van der Waals surface area (Å²) < 4.78 is 1.86.